The van der Waals surface area contributed by atoms with Crippen LogP contribution in [0.15, 0.2) is 53.6 Å². The molecule has 0 spiro atoms. The van der Waals surface area contributed by atoms with Gasteiger partial charge in [-0.3, -0.25) is 9.38 Å². The minimum Gasteiger partial charge on any atom is -0.340 e. The monoisotopic (exact) mass is 272 g/mol. The quantitative estimate of drug-likeness (QED) is 0.911. The second-order valence-electron chi connectivity index (χ2n) is 4.30. The van der Waals surface area contributed by atoms with Crippen molar-refractivity contribution < 1.29 is 0 Å². The highest BCUT2D eigenvalue weighted by Crippen LogP contribution is 2.21. The van der Waals surface area contributed by atoms with E-state index in [0.29, 0.717) is 0 Å². The van der Waals surface area contributed by atoms with Gasteiger partial charge in [0.15, 0.2) is 5.65 Å². The summed E-state index contributed by atoms with van der Waals surface area (Å²) in [5.41, 5.74) is 2.69. The number of nitrogens with one attached hydrogen (secondary N) is 1. The zero-order valence-electron chi connectivity index (χ0n) is 10.5. The van der Waals surface area contributed by atoms with Crippen LogP contribution in [0.1, 0.15) is 12.1 Å². The first kappa shape index (κ1) is 12.0. The van der Waals surface area contributed by atoms with E-state index in [1.807, 2.05) is 35.7 Å². The second-order valence-corrected chi connectivity index (χ2v) is 4.74. The van der Waals surface area contributed by atoms with Crippen LogP contribution in [0, 0.1) is 6.92 Å². The Morgan fingerprint density at radius 1 is 1.42 bits per heavy atom. The fourth-order valence-corrected chi connectivity index (χ4v) is 2.23. The third-order valence-electron chi connectivity index (χ3n) is 2.91. The van der Waals surface area contributed by atoms with Gasteiger partial charge in [0.2, 0.25) is 0 Å². The molecule has 3 rings (SSSR count). The Hall–Kier alpha value is -2.07. The van der Waals surface area contributed by atoms with E-state index in [-0.39, 0.29) is 0 Å². The standard InChI is InChI=1S/C14H13ClN4/c1-10-14(19-7-6-16-9-13(19)17-10)18-12-5-3-2-4-11(15)8-12/h3-9,18H,2H2,1H3. The maximum Gasteiger partial charge on any atom is 0.157 e. The lowest BCUT2D eigenvalue weighted by atomic mass is 10.3. The predicted octanol–water partition coefficient (Wildman–Crippen LogP) is 3.42. The van der Waals surface area contributed by atoms with Crippen LogP contribution in [0.2, 0.25) is 0 Å². The van der Waals surface area contributed by atoms with Gasteiger partial charge < -0.3 is 5.32 Å². The average Bonchev–Trinajstić information content (AvgIpc) is 2.57. The molecule has 0 bridgehead atoms. The molecule has 2 aromatic heterocycles. The molecule has 0 saturated carbocycles. The minimum atomic E-state index is 0.737. The molecule has 0 aliphatic heterocycles. The number of nitrogens with zero attached hydrogens (tertiary/aromatic N) is 3. The Balaban J connectivity index is 2.02. The Kier molecular flexibility index (Phi) is 3.09. The molecule has 0 saturated heterocycles. The van der Waals surface area contributed by atoms with E-state index in [1.54, 1.807) is 12.4 Å². The molecule has 0 unspecified atom stereocenters. The first-order valence-electron chi connectivity index (χ1n) is 6.03. The summed E-state index contributed by atoms with van der Waals surface area (Å²) in [6.45, 7) is 1.97. The summed E-state index contributed by atoms with van der Waals surface area (Å²) in [7, 11) is 0. The summed E-state index contributed by atoms with van der Waals surface area (Å²) in [6.07, 6.45) is 14.2. The van der Waals surface area contributed by atoms with Crippen LogP contribution < -0.4 is 5.32 Å². The molecular formula is C14H13ClN4. The van der Waals surface area contributed by atoms with Crippen LogP contribution in [-0.4, -0.2) is 14.4 Å². The van der Waals surface area contributed by atoms with Crippen molar-refractivity contribution in [3.05, 3.63) is 59.3 Å². The smallest absolute Gasteiger partial charge is 0.157 e. The molecule has 2 aromatic rings. The van der Waals surface area contributed by atoms with Gasteiger partial charge in [0, 0.05) is 23.1 Å². The highest BCUT2D eigenvalue weighted by molar-refractivity contribution is 6.31. The average molecular weight is 273 g/mol. The molecule has 0 radical (unpaired) electrons. The number of rotatable bonds is 2. The van der Waals surface area contributed by atoms with Crippen molar-refractivity contribution in [2.45, 2.75) is 13.3 Å². The number of aryl methyl sites for hydroxylation is 1. The van der Waals surface area contributed by atoms with E-state index in [2.05, 4.69) is 21.4 Å². The van der Waals surface area contributed by atoms with Crippen molar-refractivity contribution in [2.75, 3.05) is 5.32 Å². The molecule has 1 N–H and O–H groups in total. The number of imidazole rings is 1. The lowest BCUT2D eigenvalue weighted by molar-refractivity contribution is 1.12. The van der Waals surface area contributed by atoms with Crippen LogP contribution in [0.3, 0.4) is 0 Å². The molecule has 1 aliphatic rings. The van der Waals surface area contributed by atoms with Gasteiger partial charge in [0.05, 0.1) is 11.9 Å². The highest BCUT2D eigenvalue weighted by Gasteiger charge is 2.09. The lowest BCUT2D eigenvalue weighted by Crippen LogP contribution is -2.01. The fourth-order valence-electron chi connectivity index (χ4n) is 2.02. The van der Waals surface area contributed by atoms with Gasteiger partial charge in [-0.2, -0.15) is 0 Å². The maximum absolute atomic E-state index is 6.09. The molecular weight excluding hydrogens is 260 g/mol. The topological polar surface area (TPSA) is 42.2 Å². The molecule has 2 heterocycles. The summed E-state index contributed by atoms with van der Waals surface area (Å²) >= 11 is 6.09. The summed E-state index contributed by atoms with van der Waals surface area (Å²) in [5, 5.41) is 4.10. The summed E-state index contributed by atoms with van der Waals surface area (Å²) in [5.74, 6) is 0.930. The van der Waals surface area contributed by atoms with Crippen LogP contribution >= 0.6 is 11.6 Å². The molecule has 5 heteroatoms. The highest BCUT2D eigenvalue weighted by atomic mass is 35.5. The summed E-state index contributed by atoms with van der Waals surface area (Å²) in [6, 6.07) is 0. The van der Waals surface area contributed by atoms with Crippen molar-refractivity contribution in [1.29, 1.82) is 0 Å². The maximum atomic E-state index is 6.09. The number of hydrogen-bond donors (Lipinski definition) is 1. The van der Waals surface area contributed by atoms with Gasteiger partial charge in [0.25, 0.3) is 0 Å². The van der Waals surface area contributed by atoms with E-state index in [1.165, 1.54) is 0 Å². The number of anilines is 1. The molecule has 0 aromatic carbocycles. The molecule has 0 amide bonds. The van der Waals surface area contributed by atoms with E-state index in [9.17, 15) is 0 Å². The Bertz CT molecular complexity index is 709. The Morgan fingerprint density at radius 2 is 2.32 bits per heavy atom. The zero-order valence-corrected chi connectivity index (χ0v) is 11.2. The van der Waals surface area contributed by atoms with Gasteiger partial charge in [-0.15, -0.1) is 0 Å². The SMILES string of the molecule is Cc1nc2cnccn2c1NC1=CC(Cl)=CCC=C1. The predicted molar refractivity (Wildman–Crippen MR) is 77.1 cm³/mol. The Labute approximate surface area is 116 Å². The van der Waals surface area contributed by atoms with E-state index >= 15 is 0 Å². The zero-order chi connectivity index (χ0) is 13.2. The van der Waals surface area contributed by atoms with Gasteiger partial charge in [-0.05, 0) is 25.5 Å². The first-order valence-corrected chi connectivity index (χ1v) is 6.41. The van der Waals surface area contributed by atoms with Gasteiger partial charge in [-0.1, -0.05) is 23.8 Å². The molecule has 4 nitrogen and oxygen atoms in total. The van der Waals surface area contributed by atoms with Crippen molar-refractivity contribution in [2.24, 2.45) is 0 Å². The van der Waals surface area contributed by atoms with E-state index in [4.69, 9.17) is 11.6 Å². The van der Waals surface area contributed by atoms with Gasteiger partial charge >= 0.3 is 0 Å². The number of aromatic nitrogens is 3. The molecule has 0 atom stereocenters. The normalized spacial score (nSPS) is 15.1. The van der Waals surface area contributed by atoms with Crippen molar-refractivity contribution >= 4 is 23.1 Å². The van der Waals surface area contributed by atoms with Gasteiger partial charge in [0.1, 0.15) is 5.82 Å². The Morgan fingerprint density at radius 3 is 3.21 bits per heavy atom. The second kappa shape index (κ2) is 4.90. The number of halogens is 1. The molecule has 0 fully saturated rings. The molecule has 1 aliphatic carbocycles. The molecule has 96 valence electrons. The van der Waals surface area contributed by atoms with E-state index in [0.717, 1.165) is 34.3 Å². The van der Waals surface area contributed by atoms with Crippen molar-refractivity contribution in [3.8, 4) is 0 Å². The first-order chi connectivity index (χ1) is 9.24. The van der Waals surface area contributed by atoms with Crippen LogP contribution in [0.4, 0.5) is 5.82 Å². The third kappa shape index (κ3) is 2.39. The lowest BCUT2D eigenvalue weighted by Gasteiger charge is -2.07. The number of fused-ring (bicyclic) bond motifs is 1. The summed E-state index contributed by atoms with van der Waals surface area (Å²) in [4.78, 5) is 8.53. The van der Waals surface area contributed by atoms with E-state index < -0.39 is 0 Å². The van der Waals surface area contributed by atoms with Crippen LogP contribution in [-0.2, 0) is 0 Å². The van der Waals surface area contributed by atoms with Crippen LogP contribution in [0.5, 0.6) is 0 Å². The largest absolute Gasteiger partial charge is 0.340 e. The number of allylic oxidation sites excluding steroid dienone is 5. The van der Waals surface area contributed by atoms with Crippen molar-refractivity contribution in [1.82, 2.24) is 14.4 Å². The summed E-state index contributed by atoms with van der Waals surface area (Å²) < 4.78 is 1.97. The van der Waals surface area contributed by atoms with Gasteiger partial charge in [-0.25, -0.2) is 4.98 Å². The van der Waals surface area contributed by atoms with Crippen LogP contribution in [0.25, 0.3) is 5.65 Å². The number of hydrogen-bond acceptors (Lipinski definition) is 3. The van der Waals surface area contributed by atoms with Crippen molar-refractivity contribution in [3.63, 3.8) is 0 Å². The molecule has 19 heavy (non-hydrogen) atoms. The minimum absolute atomic E-state index is 0.737. The third-order valence-corrected chi connectivity index (χ3v) is 3.17. The fraction of sp³-hybridized carbons (Fsp3) is 0.143.